The molecule has 1 atom stereocenters. The van der Waals surface area contributed by atoms with Crippen molar-refractivity contribution in [3.05, 3.63) is 23.8 Å². The first-order valence-corrected chi connectivity index (χ1v) is 6.32. The minimum atomic E-state index is 0.385. The molecule has 0 fully saturated rings. The van der Waals surface area contributed by atoms with E-state index in [2.05, 4.69) is 44.0 Å². The molecule has 0 aromatic heterocycles. The fourth-order valence-electron chi connectivity index (χ4n) is 2.46. The van der Waals surface area contributed by atoms with Crippen LogP contribution in [-0.2, 0) is 6.42 Å². The molecular formula is C14H22N2O. The average molecular weight is 234 g/mol. The van der Waals surface area contributed by atoms with Crippen molar-refractivity contribution in [1.29, 1.82) is 0 Å². The van der Waals surface area contributed by atoms with Crippen LogP contribution in [-0.4, -0.2) is 26.2 Å². The zero-order chi connectivity index (χ0) is 12.4. The van der Waals surface area contributed by atoms with Crippen LogP contribution in [0.15, 0.2) is 18.2 Å². The van der Waals surface area contributed by atoms with Crippen LogP contribution >= 0.6 is 0 Å². The predicted octanol–water partition coefficient (Wildman–Crippen LogP) is 2.04. The van der Waals surface area contributed by atoms with Crippen molar-refractivity contribution in [2.24, 2.45) is 11.7 Å². The number of anilines is 1. The molecule has 1 aromatic carbocycles. The highest BCUT2D eigenvalue weighted by atomic mass is 16.5. The number of fused-ring (bicyclic) bond motifs is 1. The maximum Gasteiger partial charge on any atom is 0.122 e. The van der Waals surface area contributed by atoms with Gasteiger partial charge >= 0.3 is 0 Å². The van der Waals surface area contributed by atoms with Gasteiger partial charge in [-0.1, -0.05) is 13.8 Å². The minimum absolute atomic E-state index is 0.385. The maximum absolute atomic E-state index is 5.86. The Hall–Kier alpha value is -1.22. The van der Waals surface area contributed by atoms with E-state index in [4.69, 9.17) is 10.5 Å². The normalized spacial score (nSPS) is 15.6. The van der Waals surface area contributed by atoms with Gasteiger partial charge in [0.25, 0.3) is 0 Å². The second kappa shape index (κ2) is 4.96. The molecule has 1 unspecified atom stereocenters. The van der Waals surface area contributed by atoms with Crippen molar-refractivity contribution in [3.63, 3.8) is 0 Å². The van der Waals surface area contributed by atoms with E-state index in [1.165, 1.54) is 11.3 Å². The van der Waals surface area contributed by atoms with Gasteiger partial charge in [0.1, 0.15) is 5.75 Å². The van der Waals surface area contributed by atoms with Gasteiger partial charge < -0.3 is 15.4 Å². The van der Waals surface area contributed by atoms with Gasteiger partial charge in [-0.25, -0.2) is 0 Å². The molecular weight excluding hydrogens is 212 g/mol. The summed E-state index contributed by atoms with van der Waals surface area (Å²) in [6, 6.07) is 6.81. The molecule has 0 saturated heterocycles. The molecule has 1 aromatic rings. The molecule has 0 radical (unpaired) electrons. The number of rotatable bonds is 4. The lowest BCUT2D eigenvalue weighted by Crippen LogP contribution is -2.41. The molecule has 0 aliphatic carbocycles. The van der Waals surface area contributed by atoms with Crippen LogP contribution in [0.1, 0.15) is 19.4 Å². The first kappa shape index (κ1) is 12.2. The van der Waals surface area contributed by atoms with Gasteiger partial charge in [-0.05, 0) is 29.7 Å². The lowest BCUT2D eigenvalue weighted by atomic mass is 10.0. The Kier molecular flexibility index (Phi) is 3.57. The van der Waals surface area contributed by atoms with Gasteiger partial charge in [0.15, 0.2) is 0 Å². The smallest absolute Gasteiger partial charge is 0.122 e. The number of hydrogen-bond acceptors (Lipinski definition) is 3. The molecule has 0 bridgehead atoms. The summed E-state index contributed by atoms with van der Waals surface area (Å²) >= 11 is 0. The highest BCUT2D eigenvalue weighted by Crippen LogP contribution is 2.30. The van der Waals surface area contributed by atoms with Crippen LogP contribution < -0.4 is 15.4 Å². The molecule has 94 valence electrons. The van der Waals surface area contributed by atoms with E-state index in [1.807, 2.05) is 0 Å². The van der Waals surface area contributed by atoms with E-state index in [-0.39, 0.29) is 0 Å². The van der Waals surface area contributed by atoms with Gasteiger partial charge in [0.05, 0.1) is 6.61 Å². The summed E-state index contributed by atoms with van der Waals surface area (Å²) in [6.07, 6.45) is 1.02. The largest absolute Gasteiger partial charge is 0.493 e. The van der Waals surface area contributed by atoms with Crippen molar-refractivity contribution in [2.45, 2.75) is 26.3 Å². The Balaban J connectivity index is 2.21. The number of nitrogens with zero attached hydrogens (tertiary/aromatic N) is 1. The zero-order valence-corrected chi connectivity index (χ0v) is 10.9. The molecule has 2 N–H and O–H groups in total. The Bertz CT molecular complexity index is 390. The first-order valence-electron chi connectivity index (χ1n) is 6.32. The zero-order valence-electron chi connectivity index (χ0n) is 10.9. The minimum Gasteiger partial charge on any atom is -0.493 e. The summed E-state index contributed by atoms with van der Waals surface area (Å²) in [5.74, 6) is 1.59. The number of ether oxygens (including phenoxy) is 1. The summed E-state index contributed by atoms with van der Waals surface area (Å²) < 4.78 is 5.52. The van der Waals surface area contributed by atoms with Crippen LogP contribution in [0.4, 0.5) is 5.69 Å². The molecule has 2 rings (SSSR count). The Morgan fingerprint density at radius 2 is 2.18 bits per heavy atom. The second-order valence-electron chi connectivity index (χ2n) is 5.05. The van der Waals surface area contributed by atoms with Crippen molar-refractivity contribution < 1.29 is 4.74 Å². The van der Waals surface area contributed by atoms with Crippen LogP contribution in [0.3, 0.4) is 0 Å². The van der Waals surface area contributed by atoms with Crippen molar-refractivity contribution in [2.75, 3.05) is 25.1 Å². The molecule has 3 nitrogen and oxygen atoms in total. The van der Waals surface area contributed by atoms with E-state index in [0.717, 1.165) is 18.8 Å². The van der Waals surface area contributed by atoms with Gasteiger partial charge in [-0.15, -0.1) is 0 Å². The average Bonchev–Trinajstić information content (AvgIpc) is 2.75. The maximum atomic E-state index is 5.86. The van der Waals surface area contributed by atoms with Gasteiger partial charge in [0.2, 0.25) is 0 Å². The molecule has 0 spiro atoms. The number of likely N-dealkylation sites (N-methyl/N-ethyl adjacent to an activating group) is 1. The number of hydrogen-bond donors (Lipinski definition) is 1. The van der Waals surface area contributed by atoms with E-state index < -0.39 is 0 Å². The highest BCUT2D eigenvalue weighted by molar-refractivity contribution is 5.54. The Morgan fingerprint density at radius 1 is 1.41 bits per heavy atom. The summed E-state index contributed by atoms with van der Waals surface area (Å²) in [4.78, 5) is 2.28. The molecule has 17 heavy (non-hydrogen) atoms. The van der Waals surface area contributed by atoms with Gasteiger partial charge in [-0.3, -0.25) is 0 Å². The third-order valence-electron chi connectivity index (χ3n) is 3.59. The lowest BCUT2D eigenvalue weighted by Gasteiger charge is -2.32. The molecule has 0 saturated carbocycles. The molecule has 1 aliphatic rings. The standard InChI is InChI=1S/C14H22N2O/c1-10(2)13(9-15)16(3)12-4-5-14-11(8-12)6-7-17-14/h4-5,8,10,13H,6-7,9,15H2,1-3H3. The Morgan fingerprint density at radius 3 is 2.82 bits per heavy atom. The predicted molar refractivity (Wildman–Crippen MR) is 71.7 cm³/mol. The SMILES string of the molecule is CC(C)C(CN)N(C)c1ccc2c(c1)CCO2. The molecule has 1 heterocycles. The lowest BCUT2D eigenvalue weighted by molar-refractivity contribution is 0.357. The van der Waals surface area contributed by atoms with Gasteiger partial charge in [0, 0.05) is 31.7 Å². The summed E-state index contributed by atoms with van der Waals surface area (Å²) in [7, 11) is 2.12. The summed E-state index contributed by atoms with van der Waals surface area (Å²) in [5.41, 5.74) is 8.41. The van der Waals surface area contributed by atoms with Crippen molar-refractivity contribution >= 4 is 5.69 Å². The Labute approximate surface area is 104 Å². The summed E-state index contributed by atoms with van der Waals surface area (Å²) in [6.45, 7) is 5.92. The van der Waals surface area contributed by atoms with Crippen molar-refractivity contribution in [3.8, 4) is 5.75 Å². The quantitative estimate of drug-likeness (QED) is 0.866. The summed E-state index contributed by atoms with van der Waals surface area (Å²) in [5, 5.41) is 0. The van der Waals surface area contributed by atoms with E-state index >= 15 is 0 Å². The van der Waals surface area contributed by atoms with Gasteiger partial charge in [-0.2, -0.15) is 0 Å². The third kappa shape index (κ3) is 2.39. The van der Waals surface area contributed by atoms with Crippen LogP contribution in [0.5, 0.6) is 5.75 Å². The van der Waals surface area contributed by atoms with E-state index in [1.54, 1.807) is 0 Å². The monoisotopic (exact) mass is 234 g/mol. The van der Waals surface area contributed by atoms with Crippen molar-refractivity contribution in [1.82, 2.24) is 0 Å². The van der Waals surface area contributed by atoms with E-state index in [0.29, 0.717) is 18.5 Å². The first-order chi connectivity index (χ1) is 8.13. The fourth-order valence-corrected chi connectivity index (χ4v) is 2.46. The second-order valence-corrected chi connectivity index (χ2v) is 5.05. The van der Waals surface area contributed by atoms with Crippen LogP contribution in [0, 0.1) is 5.92 Å². The molecule has 1 aliphatic heterocycles. The molecule has 0 amide bonds. The van der Waals surface area contributed by atoms with Crippen LogP contribution in [0.25, 0.3) is 0 Å². The van der Waals surface area contributed by atoms with Crippen LogP contribution in [0.2, 0.25) is 0 Å². The fraction of sp³-hybridized carbons (Fsp3) is 0.571. The third-order valence-corrected chi connectivity index (χ3v) is 3.59. The topological polar surface area (TPSA) is 38.5 Å². The van der Waals surface area contributed by atoms with E-state index in [9.17, 15) is 0 Å². The number of benzene rings is 1. The number of nitrogens with two attached hydrogens (primary N) is 1. The highest BCUT2D eigenvalue weighted by Gasteiger charge is 2.19. The molecule has 3 heteroatoms.